The molecule has 2 heterocycles. The Kier molecular flexibility index (Phi) is 4.40. The number of rotatable bonds is 5. The van der Waals surface area contributed by atoms with Gasteiger partial charge in [-0.1, -0.05) is 12.1 Å². The van der Waals surface area contributed by atoms with E-state index in [-0.39, 0.29) is 0 Å². The van der Waals surface area contributed by atoms with Gasteiger partial charge in [-0.05, 0) is 38.1 Å². The van der Waals surface area contributed by atoms with Crippen molar-refractivity contribution in [3.63, 3.8) is 0 Å². The Bertz CT molecular complexity index is 678. The number of ether oxygens (including phenoxy) is 1. The summed E-state index contributed by atoms with van der Waals surface area (Å²) in [5, 5.41) is 10.3. The smallest absolute Gasteiger partial charge is 0.348 e. The molecule has 22 heavy (non-hydrogen) atoms. The molecule has 1 saturated heterocycles. The predicted octanol–water partition coefficient (Wildman–Crippen LogP) is 3.11. The fourth-order valence-corrected chi connectivity index (χ4v) is 3.64. The highest BCUT2D eigenvalue weighted by Gasteiger charge is 2.21. The normalized spacial score (nSPS) is 15.1. The first-order chi connectivity index (χ1) is 10.7. The van der Waals surface area contributed by atoms with Crippen LogP contribution in [-0.2, 0) is 6.54 Å². The Balaban J connectivity index is 1.94. The number of thiazole rings is 1. The molecule has 1 aromatic carbocycles. The molecule has 0 radical (unpaired) electrons. The molecule has 1 aromatic heterocycles. The first-order valence-electron chi connectivity index (χ1n) is 7.27. The number of likely N-dealkylation sites (tertiary alicyclic amines) is 1. The van der Waals surface area contributed by atoms with E-state index in [0.717, 1.165) is 30.2 Å². The van der Waals surface area contributed by atoms with Gasteiger partial charge in [0.15, 0.2) is 0 Å². The van der Waals surface area contributed by atoms with E-state index in [2.05, 4.69) is 9.88 Å². The molecule has 0 saturated carbocycles. The van der Waals surface area contributed by atoms with E-state index in [1.807, 2.05) is 24.3 Å². The molecule has 1 fully saturated rings. The lowest BCUT2D eigenvalue weighted by Crippen LogP contribution is -2.18. The molecular weight excluding hydrogens is 300 g/mol. The number of aromatic nitrogens is 1. The van der Waals surface area contributed by atoms with Crippen LogP contribution in [0.3, 0.4) is 0 Å². The number of carbonyl (C=O) groups is 1. The second-order valence-electron chi connectivity index (χ2n) is 5.31. The zero-order valence-electron chi connectivity index (χ0n) is 12.4. The van der Waals surface area contributed by atoms with Crippen molar-refractivity contribution in [2.75, 3.05) is 20.2 Å². The van der Waals surface area contributed by atoms with Crippen LogP contribution < -0.4 is 4.74 Å². The van der Waals surface area contributed by atoms with Crippen LogP contribution in [0.15, 0.2) is 24.3 Å². The van der Waals surface area contributed by atoms with Crippen molar-refractivity contribution in [2.45, 2.75) is 19.4 Å². The molecule has 3 rings (SSSR count). The summed E-state index contributed by atoms with van der Waals surface area (Å²) in [5.74, 6) is -0.231. The molecule has 0 bridgehead atoms. The number of aromatic carboxylic acids is 1. The third kappa shape index (κ3) is 3.13. The average Bonchev–Trinajstić information content (AvgIpc) is 3.17. The van der Waals surface area contributed by atoms with Gasteiger partial charge in [-0.3, -0.25) is 4.90 Å². The highest BCUT2D eigenvalue weighted by atomic mass is 32.1. The summed E-state index contributed by atoms with van der Waals surface area (Å²) in [5.41, 5.74) is 1.31. The van der Waals surface area contributed by atoms with Crippen molar-refractivity contribution in [1.29, 1.82) is 0 Å². The van der Waals surface area contributed by atoms with Crippen molar-refractivity contribution in [2.24, 2.45) is 0 Å². The minimum absolute atomic E-state index is 0.294. The van der Waals surface area contributed by atoms with Crippen molar-refractivity contribution >= 4 is 17.3 Å². The summed E-state index contributed by atoms with van der Waals surface area (Å²) < 4.78 is 5.21. The number of nitrogens with zero attached hydrogens (tertiary/aromatic N) is 2. The van der Waals surface area contributed by atoms with Gasteiger partial charge in [0.1, 0.15) is 15.6 Å². The summed E-state index contributed by atoms with van der Waals surface area (Å²) in [7, 11) is 1.59. The lowest BCUT2D eigenvalue weighted by Gasteiger charge is -2.11. The van der Waals surface area contributed by atoms with Gasteiger partial charge in [0.05, 0.1) is 19.3 Å². The highest BCUT2D eigenvalue weighted by molar-refractivity contribution is 7.14. The van der Waals surface area contributed by atoms with Gasteiger partial charge in [0.25, 0.3) is 0 Å². The van der Waals surface area contributed by atoms with Gasteiger partial charge < -0.3 is 9.84 Å². The predicted molar refractivity (Wildman–Crippen MR) is 85.6 cm³/mol. The summed E-state index contributed by atoms with van der Waals surface area (Å²) >= 11 is 1.27. The average molecular weight is 318 g/mol. The van der Waals surface area contributed by atoms with Crippen LogP contribution in [0.1, 0.15) is 27.5 Å². The molecule has 0 atom stereocenters. The monoisotopic (exact) mass is 318 g/mol. The lowest BCUT2D eigenvalue weighted by molar-refractivity contribution is 0.0702. The minimum atomic E-state index is -0.928. The molecule has 0 aliphatic carbocycles. The maximum absolute atomic E-state index is 11.5. The molecule has 0 amide bonds. The third-order valence-corrected chi connectivity index (χ3v) is 4.79. The largest absolute Gasteiger partial charge is 0.497 e. The van der Waals surface area contributed by atoms with Gasteiger partial charge in [-0.15, -0.1) is 11.3 Å². The minimum Gasteiger partial charge on any atom is -0.497 e. The van der Waals surface area contributed by atoms with E-state index in [1.165, 1.54) is 24.2 Å². The molecule has 1 aliphatic heterocycles. The van der Waals surface area contributed by atoms with Gasteiger partial charge in [-0.2, -0.15) is 0 Å². The fourth-order valence-electron chi connectivity index (χ4n) is 2.68. The summed E-state index contributed by atoms with van der Waals surface area (Å²) in [6.45, 7) is 2.86. The van der Waals surface area contributed by atoms with E-state index in [0.29, 0.717) is 16.3 Å². The van der Waals surface area contributed by atoms with Gasteiger partial charge >= 0.3 is 5.97 Å². The van der Waals surface area contributed by atoms with E-state index in [9.17, 15) is 9.90 Å². The highest BCUT2D eigenvalue weighted by Crippen LogP contribution is 2.31. The van der Waals surface area contributed by atoms with Crippen molar-refractivity contribution in [1.82, 2.24) is 9.88 Å². The number of hydrogen-bond donors (Lipinski definition) is 1. The summed E-state index contributed by atoms with van der Waals surface area (Å²) in [4.78, 5) is 18.7. The Hall–Kier alpha value is -1.92. The molecule has 0 spiro atoms. The molecule has 1 aliphatic rings. The van der Waals surface area contributed by atoms with E-state index < -0.39 is 5.97 Å². The van der Waals surface area contributed by atoms with Crippen LogP contribution in [0.4, 0.5) is 0 Å². The molecule has 6 heteroatoms. The first-order valence-corrected chi connectivity index (χ1v) is 8.09. The van der Waals surface area contributed by atoms with E-state index >= 15 is 0 Å². The number of carboxylic acids is 1. The van der Waals surface area contributed by atoms with Crippen LogP contribution in [0.2, 0.25) is 0 Å². The first kappa shape index (κ1) is 15.0. The Morgan fingerprint density at radius 1 is 1.41 bits per heavy atom. The molecule has 0 unspecified atom stereocenters. The third-order valence-electron chi connectivity index (χ3n) is 3.77. The topological polar surface area (TPSA) is 62.7 Å². The quantitative estimate of drug-likeness (QED) is 0.918. The van der Waals surface area contributed by atoms with Gasteiger partial charge in [0, 0.05) is 5.56 Å². The van der Waals surface area contributed by atoms with Crippen LogP contribution >= 0.6 is 11.3 Å². The molecule has 116 valence electrons. The lowest BCUT2D eigenvalue weighted by atomic mass is 10.1. The molecule has 5 nitrogen and oxygen atoms in total. The van der Waals surface area contributed by atoms with Gasteiger partial charge in [0.2, 0.25) is 0 Å². The second kappa shape index (κ2) is 6.46. The second-order valence-corrected chi connectivity index (χ2v) is 6.39. The van der Waals surface area contributed by atoms with Crippen LogP contribution in [0, 0.1) is 0 Å². The van der Waals surface area contributed by atoms with Gasteiger partial charge in [-0.25, -0.2) is 9.78 Å². The summed E-state index contributed by atoms with van der Waals surface area (Å²) in [6.07, 6.45) is 2.42. The maximum atomic E-state index is 11.5. The maximum Gasteiger partial charge on any atom is 0.348 e. The number of methoxy groups -OCH3 is 1. The van der Waals surface area contributed by atoms with Crippen LogP contribution in [0.25, 0.3) is 11.3 Å². The van der Waals surface area contributed by atoms with E-state index in [4.69, 9.17) is 4.74 Å². The molecular formula is C16H18N2O3S. The number of carboxylic acid groups (broad SMARTS) is 1. The van der Waals surface area contributed by atoms with Crippen molar-refractivity contribution in [3.8, 4) is 17.0 Å². The number of benzene rings is 1. The van der Waals surface area contributed by atoms with Crippen LogP contribution in [0.5, 0.6) is 5.75 Å². The van der Waals surface area contributed by atoms with Crippen molar-refractivity contribution in [3.05, 3.63) is 34.2 Å². The van der Waals surface area contributed by atoms with Crippen LogP contribution in [-0.4, -0.2) is 41.2 Å². The Labute approximate surface area is 133 Å². The fraction of sp³-hybridized carbons (Fsp3) is 0.375. The van der Waals surface area contributed by atoms with Crippen molar-refractivity contribution < 1.29 is 14.6 Å². The Morgan fingerprint density at radius 2 is 2.18 bits per heavy atom. The zero-order valence-corrected chi connectivity index (χ0v) is 13.2. The number of hydrogen-bond acceptors (Lipinski definition) is 5. The Morgan fingerprint density at radius 3 is 2.86 bits per heavy atom. The van der Waals surface area contributed by atoms with E-state index in [1.54, 1.807) is 7.11 Å². The SMILES string of the molecule is COc1cccc(-c2nc(CN3CCCC3)sc2C(=O)O)c1. The zero-order chi connectivity index (χ0) is 15.5. The summed E-state index contributed by atoms with van der Waals surface area (Å²) in [6, 6.07) is 7.37. The standard InChI is InChI=1S/C16H18N2O3S/c1-21-12-6-4-5-11(9-12)14-15(16(19)20)22-13(17-14)10-18-7-2-3-8-18/h4-6,9H,2-3,7-8,10H2,1H3,(H,19,20). The molecule has 1 N–H and O–H groups in total. The molecule has 2 aromatic rings.